The van der Waals surface area contributed by atoms with Crippen LogP contribution in [0.1, 0.15) is 16.8 Å². The minimum Gasteiger partial charge on any atom is -0.383 e. The van der Waals surface area contributed by atoms with Crippen molar-refractivity contribution in [1.29, 1.82) is 0 Å². The van der Waals surface area contributed by atoms with Crippen molar-refractivity contribution in [2.75, 3.05) is 11.9 Å². The van der Waals surface area contributed by atoms with E-state index in [1.165, 1.54) is 18.2 Å². The van der Waals surface area contributed by atoms with Gasteiger partial charge in [0.05, 0.1) is 20.7 Å². The lowest BCUT2D eigenvalue weighted by molar-refractivity contribution is -0.384. The molecule has 2 aromatic rings. The van der Waals surface area contributed by atoms with Gasteiger partial charge in [0.2, 0.25) is 0 Å². The topological polar surface area (TPSA) is 72.2 Å². The van der Waals surface area contributed by atoms with Crippen LogP contribution in [-0.4, -0.2) is 17.3 Å². The Hall–Kier alpha value is -2.11. The Morgan fingerprint density at radius 3 is 2.64 bits per heavy atom. The van der Waals surface area contributed by atoms with Crippen molar-refractivity contribution in [3.8, 4) is 0 Å². The van der Waals surface area contributed by atoms with E-state index in [1.54, 1.807) is 24.3 Å². The largest absolute Gasteiger partial charge is 0.383 e. The van der Waals surface area contributed by atoms with Crippen molar-refractivity contribution in [3.05, 3.63) is 68.2 Å². The van der Waals surface area contributed by atoms with Gasteiger partial charge in [-0.2, -0.15) is 0 Å². The van der Waals surface area contributed by atoms with E-state index in [0.29, 0.717) is 27.8 Å². The van der Waals surface area contributed by atoms with E-state index in [2.05, 4.69) is 5.32 Å². The normalized spacial score (nSPS) is 10.3. The van der Waals surface area contributed by atoms with Gasteiger partial charge in [0, 0.05) is 30.7 Å². The van der Waals surface area contributed by atoms with Gasteiger partial charge in [-0.1, -0.05) is 41.4 Å². The summed E-state index contributed by atoms with van der Waals surface area (Å²) in [5, 5.41) is 14.5. The van der Waals surface area contributed by atoms with Gasteiger partial charge in [-0.25, -0.2) is 0 Å². The smallest absolute Gasteiger partial charge is 0.270 e. The molecule has 0 saturated carbocycles. The fraction of sp³-hybridized carbons (Fsp3) is 0.133. The van der Waals surface area contributed by atoms with E-state index < -0.39 is 4.92 Å². The second-order valence-corrected chi connectivity index (χ2v) is 5.29. The Balaban J connectivity index is 1.97. The fourth-order valence-electron chi connectivity index (χ4n) is 1.89. The minimum atomic E-state index is -0.527. The van der Waals surface area contributed by atoms with Gasteiger partial charge in [-0.05, 0) is 12.1 Å². The Kier molecular flexibility index (Phi) is 5.35. The zero-order valence-corrected chi connectivity index (χ0v) is 12.9. The molecule has 7 heteroatoms. The van der Waals surface area contributed by atoms with Gasteiger partial charge in [0.1, 0.15) is 0 Å². The lowest BCUT2D eigenvalue weighted by atomic mass is 10.1. The molecule has 2 aromatic carbocycles. The number of non-ortho nitro benzene ring substituents is 1. The number of hydrogen-bond acceptors (Lipinski definition) is 4. The highest BCUT2D eigenvalue weighted by atomic mass is 35.5. The standard InChI is InChI=1S/C15H12Cl2N2O3/c16-12-5-2-6-13(15(12)17)18-8-7-14(20)10-3-1-4-11(9-10)19(21)22/h1-6,9,18H,7-8H2. The molecule has 5 nitrogen and oxygen atoms in total. The molecule has 0 bridgehead atoms. The lowest BCUT2D eigenvalue weighted by Gasteiger charge is -2.08. The Labute approximate surface area is 137 Å². The zero-order valence-electron chi connectivity index (χ0n) is 11.4. The average Bonchev–Trinajstić information content (AvgIpc) is 2.51. The van der Waals surface area contributed by atoms with Crippen molar-refractivity contribution in [2.45, 2.75) is 6.42 Å². The second kappa shape index (κ2) is 7.24. The summed E-state index contributed by atoms with van der Waals surface area (Å²) in [5.74, 6) is -0.186. The molecule has 114 valence electrons. The first-order chi connectivity index (χ1) is 10.5. The van der Waals surface area contributed by atoms with Crippen LogP contribution in [0, 0.1) is 10.1 Å². The van der Waals surface area contributed by atoms with Gasteiger partial charge in [-0.15, -0.1) is 0 Å². The van der Waals surface area contributed by atoms with E-state index in [4.69, 9.17) is 23.2 Å². The van der Waals surface area contributed by atoms with Crippen LogP contribution >= 0.6 is 23.2 Å². The number of halogens is 2. The molecule has 0 unspecified atom stereocenters. The number of ketones is 1. The molecule has 1 N–H and O–H groups in total. The molecule has 0 radical (unpaired) electrons. The summed E-state index contributed by atoms with van der Waals surface area (Å²) < 4.78 is 0. The maximum atomic E-state index is 12.0. The Bertz CT molecular complexity index is 720. The number of benzene rings is 2. The molecule has 0 spiro atoms. The lowest BCUT2D eigenvalue weighted by Crippen LogP contribution is -2.09. The second-order valence-electron chi connectivity index (χ2n) is 4.51. The Morgan fingerprint density at radius 1 is 1.18 bits per heavy atom. The third-order valence-electron chi connectivity index (χ3n) is 3.00. The molecule has 0 amide bonds. The third-order valence-corrected chi connectivity index (χ3v) is 3.82. The van der Waals surface area contributed by atoms with Crippen LogP contribution in [0.4, 0.5) is 11.4 Å². The highest BCUT2D eigenvalue weighted by molar-refractivity contribution is 6.43. The van der Waals surface area contributed by atoms with Crippen LogP contribution in [0.5, 0.6) is 0 Å². The monoisotopic (exact) mass is 338 g/mol. The van der Waals surface area contributed by atoms with Crippen molar-refractivity contribution >= 4 is 40.4 Å². The summed E-state index contributed by atoms with van der Waals surface area (Å²) in [4.78, 5) is 22.2. The number of nitrogens with zero attached hydrogens (tertiary/aromatic N) is 1. The molecule has 0 aliphatic rings. The van der Waals surface area contributed by atoms with Crippen LogP contribution in [0.2, 0.25) is 10.0 Å². The predicted molar refractivity (Wildman–Crippen MR) is 87.0 cm³/mol. The maximum absolute atomic E-state index is 12.0. The summed E-state index contributed by atoms with van der Waals surface area (Å²) in [5.41, 5.74) is 0.853. The first kappa shape index (κ1) is 16.3. The number of nitro groups is 1. The number of hydrogen-bond donors (Lipinski definition) is 1. The molecule has 2 rings (SSSR count). The van der Waals surface area contributed by atoms with Crippen LogP contribution < -0.4 is 5.32 Å². The molecule has 0 aromatic heterocycles. The van der Waals surface area contributed by atoms with Gasteiger partial charge < -0.3 is 5.32 Å². The molecule has 0 fully saturated rings. The van der Waals surface area contributed by atoms with Crippen LogP contribution in [0.15, 0.2) is 42.5 Å². The SMILES string of the molecule is O=C(CCNc1cccc(Cl)c1Cl)c1cccc([N+](=O)[O-])c1. The molecule has 0 atom stereocenters. The molecular formula is C15H12Cl2N2O3. The highest BCUT2D eigenvalue weighted by Gasteiger charge is 2.11. The van der Waals surface area contributed by atoms with Gasteiger partial charge in [0.15, 0.2) is 5.78 Å². The quantitative estimate of drug-likeness (QED) is 0.475. The van der Waals surface area contributed by atoms with Gasteiger partial charge in [-0.3, -0.25) is 14.9 Å². The molecule has 22 heavy (non-hydrogen) atoms. The predicted octanol–water partition coefficient (Wildman–Crippen LogP) is 4.59. The van der Waals surface area contributed by atoms with Crippen LogP contribution in [-0.2, 0) is 0 Å². The number of nitrogens with one attached hydrogen (secondary N) is 1. The number of carbonyl (C=O) groups is 1. The number of nitro benzene ring substituents is 1. The minimum absolute atomic E-state index is 0.100. The average molecular weight is 339 g/mol. The van der Waals surface area contributed by atoms with Crippen molar-refractivity contribution < 1.29 is 9.72 Å². The first-order valence-corrected chi connectivity index (χ1v) is 7.20. The third kappa shape index (κ3) is 3.96. The van der Waals surface area contributed by atoms with E-state index in [9.17, 15) is 14.9 Å². The van der Waals surface area contributed by atoms with E-state index in [1.807, 2.05) is 0 Å². The molecule has 0 heterocycles. The summed E-state index contributed by atoms with van der Waals surface area (Å²) in [6.45, 7) is 0.349. The fourth-order valence-corrected chi connectivity index (χ4v) is 2.26. The first-order valence-electron chi connectivity index (χ1n) is 6.44. The highest BCUT2D eigenvalue weighted by Crippen LogP contribution is 2.29. The molecular weight excluding hydrogens is 327 g/mol. The van der Waals surface area contributed by atoms with Crippen molar-refractivity contribution in [1.82, 2.24) is 0 Å². The van der Waals surface area contributed by atoms with Crippen molar-refractivity contribution in [2.24, 2.45) is 0 Å². The van der Waals surface area contributed by atoms with Crippen molar-refractivity contribution in [3.63, 3.8) is 0 Å². The van der Waals surface area contributed by atoms with E-state index >= 15 is 0 Å². The van der Waals surface area contributed by atoms with Crippen LogP contribution in [0.25, 0.3) is 0 Å². The number of Topliss-reactive ketones (excluding diaryl/α,β-unsaturated/α-hetero) is 1. The number of anilines is 1. The maximum Gasteiger partial charge on any atom is 0.270 e. The Morgan fingerprint density at radius 2 is 1.91 bits per heavy atom. The summed E-state index contributed by atoms with van der Waals surface area (Å²) in [6, 6.07) is 10.8. The van der Waals surface area contributed by atoms with E-state index in [0.717, 1.165) is 0 Å². The summed E-state index contributed by atoms with van der Waals surface area (Å²) >= 11 is 11.9. The molecule has 0 aliphatic carbocycles. The number of rotatable bonds is 6. The summed E-state index contributed by atoms with van der Waals surface area (Å²) in [6.07, 6.45) is 0.185. The number of carbonyl (C=O) groups excluding carboxylic acids is 1. The van der Waals surface area contributed by atoms with Gasteiger partial charge in [0.25, 0.3) is 5.69 Å². The summed E-state index contributed by atoms with van der Waals surface area (Å²) in [7, 11) is 0. The molecule has 0 aliphatic heterocycles. The van der Waals surface area contributed by atoms with Gasteiger partial charge >= 0.3 is 0 Å². The van der Waals surface area contributed by atoms with E-state index in [-0.39, 0.29) is 17.9 Å². The van der Waals surface area contributed by atoms with Crippen LogP contribution in [0.3, 0.4) is 0 Å². The molecule has 0 saturated heterocycles. The zero-order chi connectivity index (χ0) is 16.1.